The number of sulfonamides is 1. The Hall–Kier alpha value is -1.14. The van der Waals surface area contributed by atoms with Crippen molar-refractivity contribution in [2.24, 2.45) is 5.92 Å². The fourth-order valence-electron chi connectivity index (χ4n) is 1.99. The van der Waals surface area contributed by atoms with Crippen molar-refractivity contribution in [2.45, 2.75) is 30.7 Å². The van der Waals surface area contributed by atoms with Gasteiger partial charge >= 0.3 is 0 Å². The SMILES string of the molecule is CC(C1CC1)N(C)S(=O)(=O)c1cccc(F)c1N. The second-order valence-electron chi connectivity index (χ2n) is 4.75. The van der Waals surface area contributed by atoms with Crippen LogP contribution in [0.3, 0.4) is 0 Å². The van der Waals surface area contributed by atoms with Crippen LogP contribution in [-0.4, -0.2) is 25.8 Å². The van der Waals surface area contributed by atoms with Crippen molar-refractivity contribution in [1.29, 1.82) is 0 Å². The number of halogens is 1. The summed E-state index contributed by atoms with van der Waals surface area (Å²) in [5.41, 5.74) is 5.20. The molecule has 100 valence electrons. The summed E-state index contributed by atoms with van der Waals surface area (Å²) in [6.07, 6.45) is 2.08. The van der Waals surface area contributed by atoms with E-state index in [1.807, 2.05) is 6.92 Å². The third-order valence-electron chi connectivity index (χ3n) is 3.55. The van der Waals surface area contributed by atoms with Crippen molar-refractivity contribution >= 4 is 15.7 Å². The molecular weight excluding hydrogens is 255 g/mol. The van der Waals surface area contributed by atoms with Crippen LogP contribution < -0.4 is 5.73 Å². The maximum absolute atomic E-state index is 13.3. The summed E-state index contributed by atoms with van der Waals surface area (Å²) < 4.78 is 39.3. The van der Waals surface area contributed by atoms with Crippen LogP contribution in [0.4, 0.5) is 10.1 Å². The zero-order valence-electron chi connectivity index (χ0n) is 10.4. The number of nitrogens with two attached hydrogens (primary N) is 1. The van der Waals surface area contributed by atoms with Crippen LogP contribution in [0.1, 0.15) is 19.8 Å². The molecule has 0 spiro atoms. The highest BCUT2D eigenvalue weighted by molar-refractivity contribution is 7.89. The van der Waals surface area contributed by atoms with Crippen LogP contribution in [0, 0.1) is 11.7 Å². The molecule has 18 heavy (non-hydrogen) atoms. The van der Waals surface area contributed by atoms with Gasteiger partial charge in [0.05, 0.1) is 5.69 Å². The van der Waals surface area contributed by atoms with Gasteiger partial charge in [0.1, 0.15) is 10.7 Å². The molecule has 1 atom stereocenters. The van der Waals surface area contributed by atoms with E-state index in [0.29, 0.717) is 5.92 Å². The predicted octanol–water partition coefficient (Wildman–Crippen LogP) is 1.83. The Kier molecular flexibility index (Phi) is 3.33. The van der Waals surface area contributed by atoms with Crippen LogP contribution in [0.5, 0.6) is 0 Å². The Morgan fingerprint density at radius 2 is 2.06 bits per heavy atom. The third-order valence-corrected chi connectivity index (χ3v) is 5.55. The molecule has 2 N–H and O–H groups in total. The highest BCUT2D eigenvalue weighted by Crippen LogP contribution is 2.37. The Morgan fingerprint density at radius 1 is 1.44 bits per heavy atom. The molecule has 0 amide bonds. The molecule has 1 aromatic rings. The monoisotopic (exact) mass is 272 g/mol. The molecule has 1 saturated carbocycles. The fourth-order valence-corrected chi connectivity index (χ4v) is 3.54. The second kappa shape index (κ2) is 4.51. The first-order valence-corrected chi connectivity index (χ1v) is 7.31. The van der Waals surface area contributed by atoms with Gasteiger partial charge in [0, 0.05) is 13.1 Å². The van der Waals surface area contributed by atoms with Crippen molar-refractivity contribution in [3.05, 3.63) is 24.0 Å². The van der Waals surface area contributed by atoms with Crippen LogP contribution in [0.2, 0.25) is 0 Å². The van der Waals surface area contributed by atoms with E-state index in [0.717, 1.165) is 18.9 Å². The normalized spacial score (nSPS) is 18.0. The molecule has 1 unspecified atom stereocenters. The molecule has 1 aliphatic carbocycles. The van der Waals surface area contributed by atoms with E-state index < -0.39 is 15.8 Å². The lowest BCUT2D eigenvalue weighted by Crippen LogP contribution is -2.36. The smallest absolute Gasteiger partial charge is 0.245 e. The van der Waals surface area contributed by atoms with Crippen LogP contribution >= 0.6 is 0 Å². The van der Waals surface area contributed by atoms with Crippen molar-refractivity contribution in [3.8, 4) is 0 Å². The lowest BCUT2D eigenvalue weighted by molar-refractivity contribution is 0.357. The number of hydrogen-bond acceptors (Lipinski definition) is 3. The van der Waals surface area contributed by atoms with Gasteiger partial charge in [-0.2, -0.15) is 4.31 Å². The summed E-state index contributed by atoms with van der Waals surface area (Å²) in [4.78, 5) is -0.155. The Labute approximate surface area is 107 Å². The standard InChI is InChI=1S/C12H17FN2O2S/c1-8(9-6-7-9)15(2)18(16,17)11-5-3-4-10(13)12(11)14/h3-5,8-9H,6-7,14H2,1-2H3. The van der Waals surface area contributed by atoms with Gasteiger partial charge in [0.2, 0.25) is 10.0 Å². The zero-order chi connectivity index (χ0) is 13.5. The van der Waals surface area contributed by atoms with E-state index in [4.69, 9.17) is 5.73 Å². The van der Waals surface area contributed by atoms with Gasteiger partial charge in [0.15, 0.2) is 0 Å². The highest BCUT2D eigenvalue weighted by atomic mass is 32.2. The Balaban J connectivity index is 2.38. The van der Waals surface area contributed by atoms with Gasteiger partial charge in [-0.3, -0.25) is 0 Å². The average molecular weight is 272 g/mol. The summed E-state index contributed by atoms with van der Waals surface area (Å²) in [5, 5.41) is 0. The largest absolute Gasteiger partial charge is 0.395 e. The van der Waals surface area contributed by atoms with E-state index in [-0.39, 0.29) is 16.6 Å². The minimum absolute atomic E-state index is 0.0855. The summed E-state index contributed by atoms with van der Waals surface area (Å²) in [6, 6.07) is 3.76. The lowest BCUT2D eigenvalue weighted by Gasteiger charge is -2.24. The first kappa shape index (κ1) is 13.3. The molecule has 0 radical (unpaired) electrons. The second-order valence-corrected chi connectivity index (χ2v) is 6.72. The minimum Gasteiger partial charge on any atom is -0.395 e. The number of nitrogen functional groups attached to an aromatic ring is 1. The van der Waals surface area contributed by atoms with Gasteiger partial charge in [-0.25, -0.2) is 12.8 Å². The number of nitrogens with zero attached hydrogens (tertiary/aromatic N) is 1. The van der Waals surface area contributed by atoms with E-state index in [2.05, 4.69) is 0 Å². The predicted molar refractivity (Wildman–Crippen MR) is 67.9 cm³/mol. The summed E-state index contributed by atoms with van der Waals surface area (Å²) >= 11 is 0. The van der Waals surface area contributed by atoms with Crippen LogP contribution in [0.15, 0.2) is 23.1 Å². The molecule has 1 aliphatic rings. The van der Waals surface area contributed by atoms with Gasteiger partial charge < -0.3 is 5.73 Å². The van der Waals surface area contributed by atoms with Gasteiger partial charge in [-0.15, -0.1) is 0 Å². The van der Waals surface area contributed by atoms with E-state index in [1.54, 1.807) is 0 Å². The fraction of sp³-hybridized carbons (Fsp3) is 0.500. The summed E-state index contributed by atoms with van der Waals surface area (Å²) in [6.45, 7) is 1.87. The Morgan fingerprint density at radius 3 is 2.61 bits per heavy atom. The molecule has 0 aromatic heterocycles. The van der Waals surface area contributed by atoms with Crippen LogP contribution in [-0.2, 0) is 10.0 Å². The zero-order valence-corrected chi connectivity index (χ0v) is 11.2. The minimum atomic E-state index is -3.73. The third kappa shape index (κ3) is 2.22. The first-order valence-electron chi connectivity index (χ1n) is 5.87. The maximum atomic E-state index is 13.3. The van der Waals surface area contributed by atoms with Gasteiger partial charge in [-0.05, 0) is 37.8 Å². The number of hydrogen-bond donors (Lipinski definition) is 1. The highest BCUT2D eigenvalue weighted by Gasteiger charge is 2.36. The molecule has 1 fully saturated rings. The summed E-state index contributed by atoms with van der Waals surface area (Å²) in [7, 11) is -2.21. The molecule has 6 heteroatoms. The van der Waals surface area contributed by atoms with Crippen molar-refractivity contribution in [3.63, 3.8) is 0 Å². The van der Waals surface area contributed by atoms with Gasteiger partial charge in [0.25, 0.3) is 0 Å². The molecule has 0 saturated heterocycles. The van der Waals surface area contributed by atoms with Crippen molar-refractivity contribution < 1.29 is 12.8 Å². The van der Waals surface area contributed by atoms with E-state index >= 15 is 0 Å². The topological polar surface area (TPSA) is 63.4 Å². The van der Waals surface area contributed by atoms with Crippen LogP contribution in [0.25, 0.3) is 0 Å². The molecule has 0 bridgehead atoms. The van der Waals surface area contributed by atoms with E-state index in [1.165, 1.54) is 23.5 Å². The molecular formula is C12H17FN2O2S. The maximum Gasteiger partial charge on any atom is 0.245 e. The quantitative estimate of drug-likeness (QED) is 0.850. The number of benzene rings is 1. The van der Waals surface area contributed by atoms with Crippen molar-refractivity contribution in [2.75, 3.05) is 12.8 Å². The van der Waals surface area contributed by atoms with Crippen molar-refractivity contribution in [1.82, 2.24) is 4.31 Å². The average Bonchev–Trinajstić information content (AvgIpc) is 3.14. The molecule has 4 nitrogen and oxygen atoms in total. The molecule has 1 aromatic carbocycles. The number of rotatable bonds is 4. The number of anilines is 1. The van der Waals surface area contributed by atoms with E-state index in [9.17, 15) is 12.8 Å². The summed E-state index contributed by atoms with van der Waals surface area (Å²) in [5.74, 6) is -0.303. The molecule has 2 rings (SSSR count). The first-order chi connectivity index (χ1) is 8.35. The lowest BCUT2D eigenvalue weighted by atomic mass is 10.2. The van der Waals surface area contributed by atoms with Gasteiger partial charge in [-0.1, -0.05) is 6.07 Å². The number of para-hydroxylation sites is 1. The Bertz CT molecular complexity index is 555. The molecule has 0 heterocycles. The molecule has 0 aliphatic heterocycles.